The van der Waals surface area contributed by atoms with Gasteiger partial charge in [0.05, 0.1) is 26.7 Å². The van der Waals surface area contributed by atoms with Gasteiger partial charge in [-0.25, -0.2) is 9.97 Å². The standard InChI is InChI=1S/C26H36N6O3S/c1-20-18-27-19-32(20)13-5-10-30-26(36)31-22-7-8-23(24(17-22)34-2)35-15-4-3-6-21-9-11-28-25(16-21)29-12-14-33/h7-9,11,16-19,33H,3-6,10,12-15H2,1-2H3,(H,28,29)(H2,30,31,36). The summed E-state index contributed by atoms with van der Waals surface area (Å²) < 4.78 is 13.6. The molecule has 0 atom stereocenters. The summed E-state index contributed by atoms with van der Waals surface area (Å²) in [7, 11) is 1.63. The predicted molar refractivity (Wildman–Crippen MR) is 147 cm³/mol. The molecule has 1 aromatic carbocycles. The minimum absolute atomic E-state index is 0.0840. The Labute approximate surface area is 218 Å². The van der Waals surface area contributed by atoms with Crippen molar-refractivity contribution < 1.29 is 14.6 Å². The number of imidazole rings is 1. The van der Waals surface area contributed by atoms with Crippen LogP contribution in [0.3, 0.4) is 0 Å². The third-order valence-corrected chi connectivity index (χ3v) is 5.81. The summed E-state index contributed by atoms with van der Waals surface area (Å²) in [4.78, 5) is 8.39. The summed E-state index contributed by atoms with van der Waals surface area (Å²) >= 11 is 5.42. The Kier molecular flexibility index (Phi) is 11.3. The molecule has 3 aromatic rings. The number of nitrogens with one attached hydrogen (secondary N) is 3. The number of rotatable bonds is 15. The highest BCUT2D eigenvalue weighted by Gasteiger charge is 2.07. The maximum absolute atomic E-state index is 8.93. The summed E-state index contributed by atoms with van der Waals surface area (Å²) in [5.41, 5.74) is 3.20. The minimum atomic E-state index is 0.0840. The van der Waals surface area contributed by atoms with Crippen LogP contribution >= 0.6 is 12.2 Å². The average molecular weight is 513 g/mol. The normalized spacial score (nSPS) is 10.6. The molecule has 0 fully saturated rings. The SMILES string of the molecule is COc1cc(NC(=S)NCCCn2cncc2C)ccc1OCCCCc1ccnc(NCCO)c1. The number of methoxy groups -OCH3 is 1. The Bertz CT molecular complexity index is 1090. The minimum Gasteiger partial charge on any atom is -0.493 e. The van der Waals surface area contributed by atoms with E-state index in [4.69, 9.17) is 26.8 Å². The molecule has 0 bridgehead atoms. The monoisotopic (exact) mass is 512 g/mol. The van der Waals surface area contributed by atoms with Crippen LogP contribution in [0, 0.1) is 6.92 Å². The molecule has 10 heteroatoms. The first-order chi connectivity index (χ1) is 17.6. The number of ether oxygens (including phenoxy) is 2. The average Bonchev–Trinajstić information content (AvgIpc) is 3.30. The van der Waals surface area contributed by atoms with Crippen LogP contribution in [-0.2, 0) is 13.0 Å². The van der Waals surface area contributed by atoms with Crippen molar-refractivity contribution >= 4 is 28.8 Å². The van der Waals surface area contributed by atoms with Crippen LogP contribution in [0.25, 0.3) is 0 Å². The number of aryl methyl sites for hydroxylation is 3. The lowest BCUT2D eigenvalue weighted by Gasteiger charge is -2.14. The summed E-state index contributed by atoms with van der Waals surface area (Å²) in [6, 6.07) is 9.74. The second-order valence-corrected chi connectivity index (χ2v) is 8.74. The molecule has 4 N–H and O–H groups in total. The van der Waals surface area contributed by atoms with Gasteiger partial charge < -0.3 is 35.1 Å². The Hall–Kier alpha value is -3.37. The summed E-state index contributed by atoms with van der Waals surface area (Å²) in [5.74, 6) is 2.15. The fourth-order valence-corrected chi connectivity index (χ4v) is 3.86. The molecular weight excluding hydrogens is 476 g/mol. The molecule has 2 heterocycles. The van der Waals surface area contributed by atoms with Gasteiger partial charge in [-0.15, -0.1) is 0 Å². The number of benzene rings is 1. The molecular formula is C26H36N6O3S. The maximum Gasteiger partial charge on any atom is 0.170 e. The van der Waals surface area contributed by atoms with E-state index in [1.807, 2.05) is 49.8 Å². The number of aliphatic hydroxyl groups excluding tert-OH is 1. The zero-order valence-electron chi connectivity index (χ0n) is 21.0. The van der Waals surface area contributed by atoms with E-state index in [0.29, 0.717) is 29.8 Å². The van der Waals surface area contributed by atoms with Crippen molar-refractivity contribution in [1.82, 2.24) is 19.9 Å². The molecule has 0 saturated carbocycles. The van der Waals surface area contributed by atoms with Crippen molar-refractivity contribution in [3.8, 4) is 11.5 Å². The molecule has 0 aliphatic rings. The van der Waals surface area contributed by atoms with E-state index in [2.05, 4.69) is 30.5 Å². The number of hydrogen-bond acceptors (Lipinski definition) is 7. The van der Waals surface area contributed by atoms with Crippen molar-refractivity contribution in [3.63, 3.8) is 0 Å². The second-order valence-electron chi connectivity index (χ2n) is 8.33. The lowest BCUT2D eigenvalue weighted by Crippen LogP contribution is -2.29. The topological polar surface area (TPSA) is 105 Å². The van der Waals surface area contributed by atoms with Gasteiger partial charge in [-0.05, 0) is 74.7 Å². The van der Waals surface area contributed by atoms with Gasteiger partial charge in [0.1, 0.15) is 5.82 Å². The number of aromatic nitrogens is 3. The number of nitrogens with zero attached hydrogens (tertiary/aromatic N) is 3. The first kappa shape index (κ1) is 27.2. The van der Waals surface area contributed by atoms with Crippen molar-refractivity contribution in [1.29, 1.82) is 0 Å². The molecule has 2 aromatic heterocycles. The molecule has 0 unspecified atom stereocenters. The number of thiocarbonyl (C=S) groups is 1. The Morgan fingerprint density at radius 2 is 2.00 bits per heavy atom. The third kappa shape index (κ3) is 9.01. The van der Waals surface area contributed by atoms with Gasteiger partial charge in [-0.3, -0.25) is 0 Å². The van der Waals surface area contributed by atoms with Gasteiger partial charge in [-0.1, -0.05) is 0 Å². The van der Waals surface area contributed by atoms with Crippen molar-refractivity contribution in [2.75, 3.05) is 44.0 Å². The predicted octanol–water partition coefficient (Wildman–Crippen LogP) is 3.78. The Balaban J connectivity index is 1.37. The van der Waals surface area contributed by atoms with Crippen LogP contribution < -0.4 is 25.4 Å². The summed E-state index contributed by atoms with van der Waals surface area (Å²) in [5, 5.41) is 19.0. The fraction of sp³-hybridized carbons (Fsp3) is 0.423. The third-order valence-electron chi connectivity index (χ3n) is 5.56. The second kappa shape index (κ2) is 14.9. The molecule has 36 heavy (non-hydrogen) atoms. The summed E-state index contributed by atoms with van der Waals surface area (Å²) in [6.45, 7) is 4.88. The molecule has 0 spiro atoms. The van der Waals surface area contributed by atoms with Gasteiger partial charge in [0.2, 0.25) is 0 Å². The van der Waals surface area contributed by atoms with Crippen molar-refractivity contribution in [3.05, 3.63) is 60.3 Å². The summed E-state index contributed by atoms with van der Waals surface area (Å²) in [6.07, 6.45) is 9.28. The molecule has 0 aliphatic carbocycles. The largest absolute Gasteiger partial charge is 0.493 e. The van der Waals surface area contributed by atoms with Crippen molar-refractivity contribution in [2.24, 2.45) is 0 Å². The number of aliphatic hydroxyl groups is 1. The van der Waals surface area contributed by atoms with Crippen LogP contribution in [0.5, 0.6) is 11.5 Å². The molecule has 0 amide bonds. The van der Waals surface area contributed by atoms with Crippen LogP contribution in [0.2, 0.25) is 0 Å². The number of hydrogen-bond donors (Lipinski definition) is 4. The molecule has 194 valence electrons. The smallest absolute Gasteiger partial charge is 0.170 e. The van der Waals surface area contributed by atoms with Gasteiger partial charge in [0.15, 0.2) is 16.6 Å². The van der Waals surface area contributed by atoms with Crippen molar-refractivity contribution in [2.45, 2.75) is 39.2 Å². The Morgan fingerprint density at radius 1 is 1.11 bits per heavy atom. The molecule has 0 aliphatic heterocycles. The van der Waals surface area contributed by atoms with Gasteiger partial charge in [0.25, 0.3) is 0 Å². The first-order valence-corrected chi connectivity index (χ1v) is 12.6. The maximum atomic E-state index is 8.93. The lowest BCUT2D eigenvalue weighted by molar-refractivity contribution is 0.286. The van der Waals surface area contributed by atoms with E-state index in [9.17, 15) is 0 Å². The van der Waals surface area contributed by atoms with E-state index in [1.54, 1.807) is 13.3 Å². The lowest BCUT2D eigenvalue weighted by atomic mass is 10.1. The quantitative estimate of drug-likeness (QED) is 0.179. The molecule has 0 saturated heterocycles. The number of anilines is 2. The highest BCUT2D eigenvalue weighted by atomic mass is 32.1. The van der Waals surface area contributed by atoms with Gasteiger partial charge in [0, 0.05) is 49.5 Å². The Morgan fingerprint density at radius 3 is 2.78 bits per heavy atom. The van der Waals surface area contributed by atoms with Crippen LogP contribution in [0.15, 0.2) is 49.1 Å². The van der Waals surface area contributed by atoms with E-state index < -0.39 is 0 Å². The highest BCUT2D eigenvalue weighted by molar-refractivity contribution is 7.80. The molecule has 3 rings (SSSR count). The highest BCUT2D eigenvalue weighted by Crippen LogP contribution is 2.30. The van der Waals surface area contributed by atoms with Crippen LogP contribution in [-0.4, -0.2) is 58.2 Å². The molecule has 0 radical (unpaired) electrons. The van der Waals surface area contributed by atoms with E-state index >= 15 is 0 Å². The van der Waals surface area contributed by atoms with E-state index in [1.165, 1.54) is 5.56 Å². The van der Waals surface area contributed by atoms with E-state index in [-0.39, 0.29) is 6.61 Å². The fourth-order valence-electron chi connectivity index (χ4n) is 3.64. The van der Waals surface area contributed by atoms with E-state index in [0.717, 1.165) is 56.0 Å². The van der Waals surface area contributed by atoms with Gasteiger partial charge >= 0.3 is 0 Å². The number of pyridine rings is 1. The number of unbranched alkanes of at least 4 members (excludes halogenated alkanes) is 1. The first-order valence-electron chi connectivity index (χ1n) is 12.2. The van der Waals surface area contributed by atoms with Crippen LogP contribution in [0.4, 0.5) is 11.5 Å². The zero-order valence-corrected chi connectivity index (χ0v) is 21.8. The van der Waals surface area contributed by atoms with Gasteiger partial charge in [-0.2, -0.15) is 0 Å². The molecule has 9 nitrogen and oxygen atoms in total. The van der Waals surface area contributed by atoms with Crippen LogP contribution in [0.1, 0.15) is 30.5 Å². The zero-order chi connectivity index (χ0) is 25.6.